The first-order valence-electron chi connectivity index (χ1n) is 5.96. The van der Waals surface area contributed by atoms with Crippen LogP contribution in [0.3, 0.4) is 0 Å². The van der Waals surface area contributed by atoms with E-state index in [0.717, 1.165) is 33.2 Å². The molecule has 18 heavy (non-hydrogen) atoms. The predicted octanol–water partition coefficient (Wildman–Crippen LogP) is 2.94. The average molecular weight is 262 g/mol. The standard InChI is InChI=1S/C14H18N2OS/c1-9-6-10(2)14(17-3)11(7-9)12-8-16-13(18-12)4-5-15/h6-8H,4-5,15H2,1-3H3. The van der Waals surface area contributed by atoms with Crippen molar-refractivity contribution in [1.29, 1.82) is 0 Å². The molecule has 0 unspecified atom stereocenters. The van der Waals surface area contributed by atoms with Gasteiger partial charge < -0.3 is 10.5 Å². The zero-order valence-electron chi connectivity index (χ0n) is 11.0. The van der Waals surface area contributed by atoms with Gasteiger partial charge in [0, 0.05) is 18.2 Å². The van der Waals surface area contributed by atoms with Gasteiger partial charge in [0.15, 0.2) is 0 Å². The van der Waals surface area contributed by atoms with Crippen molar-refractivity contribution >= 4 is 11.3 Å². The van der Waals surface area contributed by atoms with E-state index in [1.807, 2.05) is 6.20 Å². The highest BCUT2D eigenvalue weighted by atomic mass is 32.1. The number of hydrogen-bond donors (Lipinski definition) is 1. The van der Waals surface area contributed by atoms with Gasteiger partial charge in [0.1, 0.15) is 5.75 Å². The smallest absolute Gasteiger partial charge is 0.130 e. The molecule has 1 heterocycles. The number of aromatic nitrogens is 1. The lowest BCUT2D eigenvalue weighted by molar-refractivity contribution is 0.413. The van der Waals surface area contributed by atoms with Gasteiger partial charge in [-0.2, -0.15) is 0 Å². The van der Waals surface area contributed by atoms with Gasteiger partial charge in [0.25, 0.3) is 0 Å². The fourth-order valence-corrected chi connectivity index (χ4v) is 3.03. The van der Waals surface area contributed by atoms with Crippen molar-refractivity contribution in [2.45, 2.75) is 20.3 Å². The molecule has 0 bridgehead atoms. The molecule has 1 aromatic heterocycles. The van der Waals surface area contributed by atoms with Crippen LogP contribution in [0.25, 0.3) is 10.4 Å². The van der Waals surface area contributed by atoms with Crippen LogP contribution in [0.2, 0.25) is 0 Å². The highest BCUT2D eigenvalue weighted by Crippen LogP contribution is 2.37. The number of rotatable bonds is 4. The number of nitrogens with zero attached hydrogens (tertiary/aromatic N) is 1. The Morgan fingerprint density at radius 1 is 1.33 bits per heavy atom. The Kier molecular flexibility index (Phi) is 3.99. The molecule has 2 N–H and O–H groups in total. The van der Waals surface area contributed by atoms with Crippen LogP contribution in [0, 0.1) is 13.8 Å². The van der Waals surface area contributed by atoms with Crippen LogP contribution < -0.4 is 10.5 Å². The van der Waals surface area contributed by atoms with Crippen molar-refractivity contribution in [1.82, 2.24) is 4.98 Å². The minimum absolute atomic E-state index is 0.636. The van der Waals surface area contributed by atoms with Crippen LogP contribution in [0.5, 0.6) is 5.75 Å². The Balaban J connectivity index is 2.48. The Hall–Kier alpha value is -1.39. The molecule has 0 aliphatic carbocycles. The summed E-state index contributed by atoms with van der Waals surface area (Å²) in [7, 11) is 1.71. The first-order valence-corrected chi connectivity index (χ1v) is 6.77. The summed E-state index contributed by atoms with van der Waals surface area (Å²) in [5.74, 6) is 0.934. The minimum atomic E-state index is 0.636. The van der Waals surface area contributed by atoms with Crippen molar-refractivity contribution in [3.63, 3.8) is 0 Å². The number of methoxy groups -OCH3 is 1. The zero-order chi connectivity index (χ0) is 13.1. The van der Waals surface area contributed by atoms with Gasteiger partial charge in [-0.15, -0.1) is 11.3 Å². The summed E-state index contributed by atoms with van der Waals surface area (Å²) in [5.41, 5.74) is 9.06. The molecule has 0 saturated heterocycles. The average Bonchev–Trinajstić information content (AvgIpc) is 2.77. The third kappa shape index (κ3) is 2.54. The summed E-state index contributed by atoms with van der Waals surface area (Å²) in [6.45, 7) is 4.80. The Labute approximate surface area is 112 Å². The Bertz CT molecular complexity index is 549. The fourth-order valence-electron chi connectivity index (χ4n) is 2.08. The maximum Gasteiger partial charge on any atom is 0.130 e. The van der Waals surface area contributed by atoms with Gasteiger partial charge in [0.2, 0.25) is 0 Å². The van der Waals surface area contributed by atoms with Crippen LogP contribution in [0.1, 0.15) is 16.1 Å². The van der Waals surface area contributed by atoms with E-state index >= 15 is 0 Å². The van der Waals surface area contributed by atoms with Gasteiger partial charge in [0.05, 0.1) is 17.0 Å². The van der Waals surface area contributed by atoms with E-state index < -0.39 is 0 Å². The van der Waals surface area contributed by atoms with Gasteiger partial charge >= 0.3 is 0 Å². The second-order valence-corrected chi connectivity index (χ2v) is 5.43. The van der Waals surface area contributed by atoms with E-state index in [1.54, 1.807) is 18.4 Å². The van der Waals surface area contributed by atoms with Crippen LogP contribution in [0.15, 0.2) is 18.3 Å². The lowest BCUT2D eigenvalue weighted by Gasteiger charge is -2.11. The summed E-state index contributed by atoms with van der Waals surface area (Å²) >= 11 is 1.69. The number of nitrogens with two attached hydrogens (primary N) is 1. The van der Waals surface area contributed by atoms with Crippen molar-refractivity contribution < 1.29 is 4.74 Å². The van der Waals surface area contributed by atoms with Gasteiger partial charge in [-0.05, 0) is 37.6 Å². The van der Waals surface area contributed by atoms with Crippen LogP contribution in [0.4, 0.5) is 0 Å². The normalized spacial score (nSPS) is 10.7. The molecule has 0 fully saturated rings. The predicted molar refractivity (Wildman–Crippen MR) is 76.3 cm³/mol. The number of thiazole rings is 1. The van der Waals surface area contributed by atoms with Crippen molar-refractivity contribution in [3.05, 3.63) is 34.5 Å². The van der Waals surface area contributed by atoms with Gasteiger partial charge in [-0.25, -0.2) is 4.98 Å². The van der Waals surface area contributed by atoms with Crippen LogP contribution in [-0.2, 0) is 6.42 Å². The molecule has 0 amide bonds. The monoisotopic (exact) mass is 262 g/mol. The topological polar surface area (TPSA) is 48.1 Å². The zero-order valence-corrected chi connectivity index (χ0v) is 11.8. The third-order valence-corrected chi connectivity index (χ3v) is 3.89. The highest BCUT2D eigenvalue weighted by Gasteiger charge is 2.12. The summed E-state index contributed by atoms with van der Waals surface area (Å²) < 4.78 is 5.51. The largest absolute Gasteiger partial charge is 0.496 e. The van der Waals surface area contributed by atoms with Crippen LogP contribution in [-0.4, -0.2) is 18.6 Å². The molecule has 0 radical (unpaired) electrons. The summed E-state index contributed by atoms with van der Waals surface area (Å²) in [6.07, 6.45) is 2.74. The summed E-state index contributed by atoms with van der Waals surface area (Å²) in [4.78, 5) is 5.54. The van der Waals surface area contributed by atoms with Crippen molar-refractivity contribution in [3.8, 4) is 16.2 Å². The number of hydrogen-bond acceptors (Lipinski definition) is 4. The number of aryl methyl sites for hydroxylation is 2. The molecule has 0 saturated carbocycles. The summed E-state index contributed by atoms with van der Waals surface area (Å²) in [5, 5.41) is 1.08. The molecule has 4 heteroatoms. The molecule has 0 aliphatic heterocycles. The maximum absolute atomic E-state index is 5.55. The van der Waals surface area contributed by atoms with Gasteiger partial charge in [-0.3, -0.25) is 0 Å². The SMILES string of the molecule is COc1c(C)cc(C)cc1-c1cnc(CCN)s1. The lowest BCUT2D eigenvalue weighted by Crippen LogP contribution is -2.01. The number of ether oxygens (including phenoxy) is 1. The van der Waals surface area contributed by atoms with E-state index in [0.29, 0.717) is 6.54 Å². The van der Waals surface area contributed by atoms with Crippen LogP contribution >= 0.6 is 11.3 Å². The van der Waals surface area contributed by atoms with Gasteiger partial charge in [-0.1, -0.05) is 6.07 Å². The van der Waals surface area contributed by atoms with E-state index in [-0.39, 0.29) is 0 Å². The molecule has 3 nitrogen and oxygen atoms in total. The molecular weight excluding hydrogens is 244 g/mol. The minimum Gasteiger partial charge on any atom is -0.496 e. The van der Waals surface area contributed by atoms with E-state index in [1.165, 1.54) is 5.56 Å². The molecule has 2 aromatic rings. The van der Waals surface area contributed by atoms with Crippen molar-refractivity contribution in [2.75, 3.05) is 13.7 Å². The molecule has 1 aromatic carbocycles. The maximum atomic E-state index is 5.55. The molecule has 0 spiro atoms. The molecule has 0 aliphatic rings. The quantitative estimate of drug-likeness (QED) is 0.921. The molecule has 0 atom stereocenters. The second-order valence-electron chi connectivity index (χ2n) is 4.32. The molecule has 2 rings (SSSR count). The van der Waals surface area contributed by atoms with Crippen molar-refractivity contribution in [2.24, 2.45) is 5.73 Å². The Morgan fingerprint density at radius 3 is 2.78 bits per heavy atom. The lowest BCUT2D eigenvalue weighted by atomic mass is 10.0. The summed E-state index contributed by atoms with van der Waals surface area (Å²) in [6, 6.07) is 4.27. The van der Waals surface area contributed by atoms with E-state index in [2.05, 4.69) is 31.0 Å². The molecular formula is C14H18N2OS. The first kappa shape index (κ1) is 13.1. The third-order valence-electron chi connectivity index (χ3n) is 2.80. The molecule has 96 valence electrons. The van der Waals surface area contributed by atoms with E-state index in [9.17, 15) is 0 Å². The Morgan fingerprint density at radius 2 is 2.11 bits per heavy atom. The second kappa shape index (κ2) is 5.50. The first-order chi connectivity index (χ1) is 8.65. The fraction of sp³-hybridized carbons (Fsp3) is 0.357. The van der Waals surface area contributed by atoms with E-state index in [4.69, 9.17) is 10.5 Å². The number of benzene rings is 1. The highest BCUT2D eigenvalue weighted by molar-refractivity contribution is 7.15.